The smallest absolute Gasteiger partial charge is 0.309 e. The van der Waals surface area contributed by atoms with Crippen molar-refractivity contribution >= 4 is 23.2 Å². The van der Waals surface area contributed by atoms with Gasteiger partial charge in [-0.2, -0.15) is 0 Å². The number of carbonyl (C=O) groups excluding carboxylic acids is 2. The molecule has 0 spiro atoms. The number of hydrogen-bond acceptors (Lipinski definition) is 3. The van der Waals surface area contributed by atoms with Gasteiger partial charge in [-0.05, 0) is 23.9 Å². The molecule has 2 N–H and O–H groups in total. The fraction of sp³-hybridized carbons (Fsp3) is 0.200. The van der Waals surface area contributed by atoms with Gasteiger partial charge < -0.3 is 10.6 Å². The summed E-state index contributed by atoms with van der Waals surface area (Å²) in [6.45, 7) is 2.72. The molecular formula is C15H16N2O2S. The van der Waals surface area contributed by atoms with Gasteiger partial charge in [-0.3, -0.25) is 9.59 Å². The molecule has 0 aliphatic heterocycles. The van der Waals surface area contributed by atoms with E-state index in [2.05, 4.69) is 10.6 Å². The topological polar surface area (TPSA) is 58.2 Å². The van der Waals surface area contributed by atoms with Gasteiger partial charge in [-0.1, -0.05) is 35.9 Å². The molecule has 0 fully saturated rings. The van der Waals surface area contributed by atoms with Crippen LogP contribution in [-0.4, -0.2) is 11.8 Å². The number of carbonyl (C=O) groups is 2. The van der Waals surface area contributed by atoms with Crippen molar-refractivity contribution in [2.75, 3.05) is 0 Å². The average molecular weight is 288 g/mol. The molecule has 0 aliphatic rings. The highest BCUT2D eigenvalue weighted by atomic mass is 32.1. The van der Waals surface area contributed by atoms with Gasteiger partial charge in [0.2, 0.25) is 0 Å². The van der Waals surface area contributed by atoms with Crippen molar-refractivity contribution in [3.63, 3.8) is 0 Å². The normalized spacial score (nSPS) is 10.1. The molecule has 104 valence electrons. The third-order valence-electron chi connectivity index (χ3n) is 2.75. The quantitative estimate of drug-likeness (QED) is 0.845. The molecule has 1 heterocycles. The van der Waals surface area contributed by atoms with Crippen LogP contribution in [-0.2, 0) is 22.7 Å². The fourth-order valence-electron chi connectivity index (χ4n) is 1.75. The number of nitrogens with one attached hydrogen (secondary N) is 2. The predicted octanol–water partition coefficient (Wildman–Crippen LogP) is 1.99. The highest BCUT2D eigenvalue weighted by Gasteiger charge is 2.12. The molecule has 0 aliphatic carbocycles. The first kappa shape index (κ1) is 14.3. The van der Waals surface area contributed by atoms with Gasteiger partial charge in [-0.25, -0.2) is 0 Å². The van der Waals surface area contributed by atoms with E-state index < -0.39 is 11.8 Å². The van der Waals surface area contributed by atoms with Crippen LogP contribution >= 0.6 is 11.3 Å². The van der Waals surface area contributed by atoms with E-state index in [-0.39, 0.29) is 0 Å². The molecular weight excluding hydrogens is 272 g/mol. The molecule has 1 aromatic carbocycles. The Labute approximate surface area is 121 Å². The van der Waals surface area contributed by atoms with Gasteiger partial charge in [0.25, 0.3) is 0 Å². The van der Waals surface area contributed by atoms with Crippen LogP contribution in [0.5, 0.6) is 0 Å². The number of benzene rings is 1. The molecule has 0 unspecified atom stereocenters. The summed E-state index contributed by atoms with van der Waals surface area (Å²) in [4.78, 5) is 24.3. The molecule has 5 heteroatoms. The van der Waals surface area contributed by atoms with Crippen molar-refractivity contribution in [3.05, 3.63) is 57.8 Å². The summed E-state index contributed by atoms with van der Waals surface area (Å²) in [5.74, 6) is -1.21. The Morgan fingerprint density at radius 2 is 1.80 bits per heavy atom. The molecule has 2 aromatic rings. The first-order chi connectivity index (χ1) is 9.65. The van der Waals surface area contributed by atoms with Crippen molar-refractivity contribution in [2.24, 2.45) is 0 Å². The van der Waals surface area contributed by atoms with E-state index >= 15 is 0 Å². The summed E-state index contributed by atoms with van der Waals surface area (Å²) < 4.78 is 0. The Morgan fingerprint density at radius 3 is 2.45 bits per heavy atom. The van der Waals surface area contributed by atoms with E-state index in [4.69, 9.17) is 0 Å². The van der Waals surface area contributed by atoms with Crippen molar-refractivity contribution in [3.8, 4) is 0 Å². The monoisotopic (exact) mass is 288 g/mol. The Kier molecular flexibility index (Phi) is 4.90. The number of aryl methyl sites for hydroxylation is 1. The number of amides is 2. The second-order valence-electron chi connectivity index (χ2n) is 4.43. The molecule has 0 saturated heterocycles. The molecule has 2 amide bonds. The zero-order chi connectivity index (χ0) is 14.4. The number of hydrogen-bond donors (Lipinski definition) is 2. The van der Waals surface area contributed by atoms with E-state index in [9.17, 15) is 9.59 Å². The maximum atomic E-state index is 11.6. The molecule has 2 rings (SSSR count). The first-order valence-electron chi connectivity index (χ1n) is 6.29. The fourth-order valence-corrected chi connectivity index (χ4v) is 2.39. The van der Waals surface area contributed by atoms with Crippen LogP contribution in [0, 0.1) is 6.92 Å². The third kappa shape index (κ3) is 4.20. The van der Waals surface area contributed by atoms with Crippen LogP contribution in [0.3, 0.4) is 0 Å². The molecule has 0 bridgehead atoms. The highest BCUT2D eigenvalue weighted by molar-refractivity contribution is 7.09. The molecule has 1 aromatic heterocycles. The van der Waals surface area contributed by atoms with Gasteiger partial charge in [0, 0.05) is 11.4 Å². The van der Waals surface area contributed by atoms with Crippen molar-refractivity contribution < 1.29 is 9.59 Å². The van der Waals surface area contributed by atoms with Gasteiger partial charge >= 0.3 is 11.8 Å². The van der Waals surface area contributed by atoms with E-state index in [0.29, 0.717) is 13.1 Å². The van der Waals surface area contributed by atoms with Gasteiger partial charge in [0.05, 0.1) is 6.54 Å². The Bertz CT molecular complexity index is 594. The van der Waals surface area contributed by atoms with Crippen LogP contribution in [0.25, 0.3) is 0 Å². The van der Waals surface area contributed by atoms with Crippen LogP contribution < -0.4 is 10.6 Å². The first-order valence-corrected chi connectivity index (χ1v) is 7.17. The van der Waals surface area contributed by atoms with E-state index in [1.165, 1.54) is 0 Å². The summed E-state index contributed by atoms with van der Waals surface area (Å²) in [5, 5.41) is 7.13. The summed E-state index contributed by atoms with van der Waals surface area (Å²) in [5.41, 5.74) is 2.10. The Morgan fingerprint density at radius 1 is 1.05 bits per heavy atom. The zero-order valence-electron chi connectivity index (χ0n) is 11.2. The minimum atomic E-state index is -0.608. The minimum absolute atomic E-state index is 0.354. The second kappa shape index (κ2) is 6.86. The standard InChI is InChI=1S/C15H16N2O2S/c1-11-4-2-5-12(8-11)9-16-14(18)15(19)17-10-13-6-3-7-20-13/h2-8H,9-10H2,1H3,(H,16,18)(H,17,19). The van der Waals surface area contributed by atoms with Crippen molar-refractivity contribution in [1.82, 2.24) is 10.6 Å². The minimum Gasteiger partial charge on any atom is -0.344 e. The van der Waals surface area contributed by atoms with Crippen LogP contribution in [0.2, 0.25) is 0 Å². The summed E-state index contributed by atoms with van der Waals surface area (Å²) >= 11 is 1.54. The van der Waals surface area contributed by atoms with Crippen molar-refractivity contribution in [1.29, 1.82) is 0 Å². The largest absolute Gasteiger partial charge is 0.344 e. The van der Waals surface area contributed by atoms with Crippen LogP contribution in [0.15, 0.2) is 41.8 Å². The lowest BCUT2D eigenvalue weighted by Gasteiger charge is -2.06. The lowest BCUT2D eigenvalue weighted by molar-refractivity contribution is -0.139. The van der Waals surface area contributed by atoms with Crippen LogP contribution in [0.1, 0.15) is 16.0 Å². The highest BCUT2D eigenvalue weighted by Crippen LogP contribution is 2.07. The summed E-state index contributed by atoms with van der Waals surface area (Å²) in [7, 11) is 0. The average Bonchev–Trinajstić information content (AvgIpc) is 2.95. The van der Waals surface area contributed by atoms with Gasteiger partial charge in [0.15, 0.2) is 0 Å². The number of rotatable bonds is 4. The Hall–Kier alpha value is -2.14. The van der Waals surface area contributed by atoms with Gasteiger partial charge in [0.1, 0.15) is 0 Å². The lowest BCUT2D eigenvalue weighted by Crippen LogP contribution is -2.39. The third-order valence-corrected chi connectivity index (χ3v) is 3.62. The van der Waals surface area contributed by atoms with E-state index in [0.717, 1.165) is 16.0 Å². The maximum absolute atomic E-state index is 11.6. The molecule has 4 nitrogen and oxygen atoms in total. The predicted molar refractivity (Wildman–Crippen MR) is 79.2 cm³/mol. The number of thiophene rings is 1. The second-order valence-corrected chi connectivity index (χ2v) is 5.47. The van der Waals surface area contributed by atoms with Crippen LogP contribution in [0.4, 0.5) is 0 Å². The SMILES string of the molecule is Cc1cccc(CNC(=O)C(=O)NCc2cccs2)c1. The Balaban J connectivity index is 1.78. The summed E-state index contributed by atoms with van der Waals surface area (Å²) in [6.07, 6.45) is 0. The zero-order valence-corrected chi connectivity index (χ0v) is 12.0. The van der Waals surface area contributed by atoms with Gasteiger partial charge in [-0.15, -0.1) is 11.3 Å². The lowest BCUT2D eigenvalue weighted by atomic mass is 10.1. The molecule has 20 heavy (non-hydrogen) atoms. The van der Waals surface area contributed by atoms with E-state index in [1.54, 1.807) is 11.3 Å². The van der Waals surface area contributed by atoms with E-state index in [1.807, 2.05) is 48.7 Å². The molecule has 0 radical (unpaired) electrons. The molecule has 0 atom stereocenters. The van der Waals surface area contributed by atoms with Crippen molar-refractivity contribution in [2.45, 2.75) is 20.0 Å². The molecule has 0 saturated carbocycles. The summed E-state index contributed by atoms with van der Waals surface area (Å²) in [6, 6.07) is 11.6. The maximum Gasteiger partial charge on any atom is 0.309 e.